The molecule has 3 aromatic rings. The fourth-order valence-electron chi connectivity index (χ4n) is 2.99. The molecule has 144 valence electrons. The van der Waals surface area contributed by atoms with Crippen molar-refractivity contribution >= 4 is 23.4 Å². The van der Waals surface area contributed by atoms with Gasteiger partial charge in [-0.25, -0.2) is 0 Å². The van der Waals surface area contributed by atoms with Crippen molar-refractivity contribution in [3.05, 3.63) is 113 Å². The lowest BCUT2D eigenvalue weighted by Crippen LogP contribution is -2.31. The number of Topliss-reactive ketones (excluding diaryl/α,β-unsaturated/α-hetero) is 2. The number of benzene rings is 3. The second kappa shape index (κ2) is 9.07. The summed E-state index contributed by atoms with van der Waals surface area (Å²) in [7, 11) is 0. The maximum atomic E-state index is 13.1. The van der Waals surface area contributed by atoms with Gasteiger partial charge in [-0.1, -0.05) is 96.1 Å². The van der Waals surface area contributed by atoms with Gasteiger partial charge in [0.25, 0.3) is 0 Å². The first-order valence-corrected chi connectivity index (χ1v) is 9.44. The van der Waals surface area contributed by atoms with Crippen molar-refractivity contribution < 1.29 is 14.4 Å². The molecular weight excluding hydrogens is 360 g/mol. The molecule has 0 N–H and O–H groups in total. The zero-order chi connectivity index (χ0) is 20.8. The Morgan fingerprint density at radius 2 is 1.10 bits per heavy atom. The number of carbonyl (C=O) groups excluding carboxylic acids is 3. The van der Waals surface area contributed by atoms with Gasteiger partial charge in [-0.15, -0.1) is 0 Å². The molecule has 0 heterocycles. The van der Waals surface area contributed by atoms with Crippen molar-refractivity contribution in [3.63, 3.8) is 0 Å². The number of allylic oxidation sites excluding steroid dienone is 1. The van der Waals surface area contributed by atoms with Crippen molar-refractivity contribution in [3.8, 4) is 0 Å². The van der Waals surface area contributed by atoms with E-state index in [9.17, 15) is 14.4 Å². The van der Waals surface area contributed by atoms with E-state index in [0.717, 1.165) is 16.7 Å². The molecule has 0 saturated carbocycles. The lowest BCUT2D eigenvalue weighted by molar-refractivity contribution is -0.115. The number of carbonyl (C=O) groups is 3. The van der Waals surface area contributed by atoms with Crippen molar-refractivity contribution in [2.75, 3.05) is 0 Å². The highest BCUT2D eigenvalue weighted by molar-refractivity contribution is 6.30. The van der Waals surface area contributed by atoms with E-state index in [1.165, 1.54) is 6.08 Å². The monoisotopic (exact) mass is 382 g/mol. The van der Waals surface area contributed by atoms with Gasteiger partial charge in [0.2, 0.25) is 0 Å². The standard InChI is InChI=1S/C26H22O3/c1-18-8-13-21(14-9-18)25(28)24(26(29)22-15-10-19(2)11-16-22)23(27)17-12-20-6-4-3-5-7-20/h3-17,24H,1-2H3. The normalized spacial score (nSPS) is 11.0. The molecule has 0 atom stereocenters. The molecule has 29 heavy (non-hydrogen) atoms. The van der Waals surface area contributed by atoms with E-state index in [1.807, 2.05) is 44.2 Å². The fourth-order valence-corrected chi connectivity index (χ4v) is 2.99. The molecule has 3 rings (SSSR count). The molecule has 3 heteroatoms. The molecule has 0 aliphatic heterocycles. The number of aryl methyl sites for hydroxylation is 2. The molecule has 0 saturated heterocycles. The van der Waals surface area contributed by atoms with E-state index in [2.05, 4.69) is 0 Å². The highest BCUT2D eigenvalue weighted by Crippen LogP contribution is 2.19. The van der Waals surface area contributed by atoms with E-state index in [4.69, 9.17) is 0 Å². The second-order valence-electron chi connectivity index (χ2n) is 7.04. The Morgan fingerprint density at radius 1 is 0.655 bits per heavy atom. The minimum Gasteiger partial charge on any atom is -0.294 e. The molecule has 3 aromatic carbocycles. The molecule has 0 aliphatic carbocycles. The predicted octanol–water partition coefficient (Wildman–Crippen LogP) is 5.27. The molecule has 0 bridgehead atoms. The maximum absolute atomic E-state index is 13.1. The third-order valence-electron chi connectivity index (χ3n) is 4.72. The van der Waals surface area contributed by atoms with Crippen LogP contribution in [0.1, 0.15) is 37.4 Å². The third-order valence-corrected chi connectivity index (χ3v) is 4.72. The average Bonchev–Trinajstić information content (AvgIpc) is 2.74. The number of rotatable bonds is 7. The van der Waals surface area contributed by atoms with Gasteiger partial charge in [-0.3, -0.25) is 14.4 Å². The Hall–Kier alpha value is -3.59. The lowest BCUT2D eigenvalue weighted by atomic mass is 9.86. The Labute approximate surface area is 170 Å². The van der Waals surface area contributed by atoms with Gasteiger partial charge in [0, 0.05) is 11.1 Å². The zero-order valence-electron chi connectivity index (χ0n) is 16.5. The first-order valence-electron chi connectivity index (χ1n) is 9.44. The highest BCUT2D eigenvalue weighted by atomic mass is 16.2. The van der Waals surface area contributed by atoms with Crippen molar-refractivity contribution in [1.29, 1.82) is 0 Å². The summed E-state index contributed by atoms with van der Waals surface area (Å²) < 4.78 is 0. The highest BCUT2D eigenvalue weighted by Gasteiger charge is 2.33. The van der Waals surface area contributed by atoms with Crippen LogP contribution < -0.4 is 0 Å². The molecule has 0 radical (unpaired) electrons. The summed E-state index contributed by atoms with van der Waals surface area (Å²) in [6, 6.07) is 23.1. The fraction of sp³-hybridized carbons (Fsp3) is 0.115. The van der Waals surface area contributed by atoms with Crippen LogP contribution in [0.4, 0.5) is 0 Å². The van der Waals surface area contributed by atoms with Gasteiger partial charge < -0.3 is 0 Å². The predicted molar refractivity (Wildman–Crippen MR) is 115 cm³/mol. The van der Waals surface area contributed by atoms with Crippen LogP contribution in [0.3, 0.4) is 0 Å². The van der Waals surface area contributed by atoms with Crippen LogP contribution in [0.5, 0.6) is 0 Å². The molecule has 0 amide bonds. The third kappa shape index (κ3) is 5.02. The minimum atomic E-state index is -1.40. The zero-order valence-corrected chi connectivity index (χ0v) is 16.5. The minimum absolute atomic E-state index is 0.350. The number of hydrogen-bond acceptors (Lipinski definition) is 3. The van der Waals surface area contributed by atoms with E-state index in [0.29, 0.717) is 11.1 Å². The largest absolute Gasteiger partial charge is 0.294 e. The smallest absolute Gasteiger partial charge is 0.181 e. The Bertz CT molecular complexity index is 986. The Kier molecular flexibility index (Phi) is 6.30. The van der Waals surface area contributed by atoms with Gasteiger partial charge in [0.1, 0.15) is 5.92 Å². The molecule has 0 aromatic heterocycles. The quantitative estimate of drug-likeness (QED) is 0.318. The second-order valence-corrected chi connectivity index (χ2v) is 7.04. The molecule has 0 fully saturated rings. The van der Waals surface area contributed by atoms with Crippen LogP contribution in [0.2, 0.25) is 0 Å². The average molecular weight is 382 g/mol. The summed E-state index contributed by atoms with van der Waals surface area (Å²) in [4.78, 5) is 39.2. The van der Waals surface area contributed by atoms with Gasteiger partial charge in [-0.2, -0.15) is 0 Å². The SMILES string of the molecule is Cc1ccc(C(=O)C(C(=O)C=Cc2ccccc2)C(=O)c2ccc(C)cc2)cc1. The summed E-state index contributed by atoms with van der Waals surface area (Å²) in [5.41, 5.74) is 3.52. The topological polar surface area (TPSA) is 51.2 Å². The summed E-state index contributed by atoms with van der Waals surface area (Å²) in [5, 5.41) is 0. The Balaban J connectivity index is 1.95. The summed E-state index contributed by atoms with van der Waals surface area (Å²) in [6.07, 6.45) is 2.94. The first-order chi connectivity index (χ1) is 14.0. The molecule has 3 nitrogen and oxygen atoms in total. The van der Waals surface area contributed by atoms with Crippen LogP contribution in [0.15, 0.2) is 84.9 Å². The molecule has 0 spiro atoms. The lowest BCUT2D eigenvalue weighted by Gasteiger charge is -2.13. The molecule has 0 unspecified atom stereocenters. The molecular formula is C26H22O3. The van der Waals surface area contributed by atoms with Gasteiger partial charge in [0.15, 0.2) is 17.3 Å². The van der Waals surface area contributed by atoms with Crippen molar-refractivity contribution in [1.82, 2.24) is 0 Å². The van der Waals surface area contributed by atoms with Crippen LogP contribution in [-0.4, -0.2) is 17.3 Å². The van der Waals surface area contributed by atoms with Crippen LogP contribution >= 0.6 is 0 Å². The van der Waals surface area contributed by atoms with Crippen molar-refractivity contribution in [2.45, 2.75) is 13.8 Å². The van der Waals surface area contributed by atoms with E-state index < -0.39 is 23.3 Å². The van der Waals surface area contributed by atoms with Gasteiger partial charge in [0.05, 0.1) is 0 Å². The summed E-state index contributed by atoms with van der Waals surface area (Å²) in [5.74, 6) is -2.90. The summed E-state index contributed by atoms with van der Waals surface area (Å²) in [6.45, 7) is 3.83. The van der Waals surface area contributed by atoms with Crippen LogP contribution in [0, 0.1) is 19.8 Å². The van der Waals surface area contributed by atoms with Gasteiger partial charge >= 0.3 is 0 Å². The first kappa shape index (κ1) is 20.2. The van der Waals surface area contributed by atoms with Gasteiger partial charge in [-0.05, 0) is 25.5 Å². The van der Waals surface area contributed by atoms with Crippen molar-refractivity contribution in [2.24, 2.45) is 5.92 Å². The van der Waals surface area contributed by atoms with E-state index in [-0.39, 0.29) is 0 Å². The number of hydrogen-bond donors (Lipinski definition) is 0. The number of ketones is 3. The Morgan fingerprint density at radius 3 is 1.55 bits per heavy atom. The van der Waals surface area contributed by atoms with E-state index >= 15 is 0 Å². The van der Waals surface area contributed by atoms with Crippen LogP contribution in [0.25, 0.3) is 6.08 Å². The van der Waals surface area contributed by atoms with Crippen LogP contribution in [-0.2, 0) is 4.79 Å². The summed E-state index contributed by atoms with van der Waals surface area (Å²) >= 11 is 0. The maximum Gasteiger partial charge on any atom is 0.181 e. The van der Waals surface area contributed by atoms with E-state index in [1.54, 1.807) is 54.6 Å². The molecule has 0 aliphatic rings.